The third-order valence-corrected chi connectivity index (χ3v) is 7.41. The standard InChI is InChI=1S/C23H19BrN2O4S/c24-17-11-9-16(10-12-17)22(27)20-7-1-2-8-21(20)23(28)25-18-5-3-6-19(15-18)26-13-4-14-31(26,29)30/h1-3,5-12,15H,4,13-14H2,(H,25,28). The maximum absolute atomic E-state index is 13.0. The Labute approximate surface area is 189 Å². The van der Waals surface area contributed by atoms with E-state index < -0.39 is 15.9 Å². The molecule has 31 heavy (non-hydrogen) atoms. The van der Waals surface area contributed by atoms with E-state index in [1.807, 2.05) is 0 Å². The van der Waals surface area contributed by atoms with Crippen LogP contribution in [0.4, 0.5) is 11.4 Å². The zero-order valence-electron chi connectivity index (χ0n) is 16.4. The summed E-state index contributed by atoms with van der Waals surface area (Å²) in [5, 5.41) is 2.79. The van der Waals surface area contributed by atoms with Gasteiger partial charge in [0.05, 0.1) is 17.0 Å². The minimum Gasteiger partial charge on any atom is -0.322 e. The van der Waals surface area contributed by atoms with Crippen LogP contribution in [0.25, 0.3) is 0 Å². The lowest BCUT2D eigenvalue weighted by atomic mass is 9.98. The molecule has 0 radical (unpaired) electrons. The van der Waals surface area contributed by atoms with Crippen molar-refractivity contribution in [3.63, 3.8) is 0 Å². The van der Waals surface area contributed by atoms with Gasteiger partial charge in [-0.15, -0.1) is 0 Å². The molecule has 0 aromatic heterocycles. The molecule has 4 rings (SSSR count). The average Bonchev–Trinajstić information content (AvgIpc) is 3.13. The van der Waals surface area contributed by atoms with E-state index in [-0.39, 0.29) is 17.1 Å². The molecule has 0 atom stereocenters. The Balaban J connectivity index is 1.60. The van der Waals surface area contributed by atoms with Crippen molar-refractivity contribution in [1.82, 2.24) is 0 Å². The van der Waals surface area contributed by atoms with Crippen molar-refractivity contribution >= 4 is 49.0 Å². The highest BCUT2D eigenvalue weighted by Crippen LogP contribution is 2.27. The number of rotatable bonds is 5. The van der Waals surface area contributed by atoms with Crippen molar-refractivity contribution in [3.05, 3.63) is 94.0 Å². The Kier molecular flexibility index (Phi) is 5.93. The zero-order valence-corrected chi connectivity index (χ0v) is 18.8. The molecule has 1 aliphatic rings. The van der Waals surface area contributed by atoms with Gasteiger partial charge in [-0.25, -0.2) is 8.42 Å². The van der Waals surface area contributed by atoms with Gasteiger partial charge < -0.3 is 5.32 Å². The lowest BCUT2D eigenvalue weighted by Crippen LogP contribution is -2.25. The van der Waals surface area contributed by atoms with Gasteiger partial charge in [-0.3, -0.25) is 13.9 Å². The highest BCUT2D eigenvalue weighted by Gasteiger charge is 2.28. The predicted molar refractivity (Wildman–Crippen MR) is 124 cm³/mol. The number of amides is 1. The van der Waals surface area contributed by atoms with Crippen LogP contribution in [0.3, 0.4) is 0 Å². The smallest absolute Gasteiger partial charge is 0.256 e. The number of carbonyl (C=O) groups is 2. The van der Waals surface area contributed by atoms with E-state index in [2.05, 4.69) is 21.2 Å². The van der Waals surface area contributed by atoms with Gasteiger partial charge >= 0.3 is 0 Å². The first-order valence-electron chi connectivity index (χ1n) is 9.66. The van der Waals surface area contributed by atoms with Crippen LogP contribution in [0.1, 0.15) is 32.7 Å². The lowest BCUT2D eigenvalue weighted by molar-refractivity contribution is 0.0996. The zero-order chi connectivity index (χ0) is 22.0. The van der Waals surface area contributed by atoms with Crippen molar-refractivity contribution in [2.45, 2.75) is 6.42 Å². The molecule has 3 aromatic carbocycles. The molecule has 158 valence electrons. The highest BCUT2D eigenvalue weighted by atomic mass is 79.9. The minimum absolute atomic E-state index is 0.120. The number of nitrogens with one attached hydrogen (secondary N) is 1. The molecule has 0 aliphatic carbocycles. The maximum Gasteiger partial charge on any atom is 0.256 e. The lowest BCUT2D eigenvalue weighted by Gasteiger charge is -2.18. The minimum atomic E-state index is -3.32. The molecule has 3 aromatic rings. The Morgan fingerprint density at radius 1 is 0.903 bits per heavy atom. The molecule has 1 fully saturated rings. The van der Waals surface area contributed by atoms with Gasteiger partial charge in [-0.1, -0.05) is 40.2 Å². The van der Waals surface area contributed by atoms with Crippen LogP contribution in [0.5, 0.6) is 0 Å². The fourth-order valence-corrected chi connectivity index (χ4v) is 5.32. The molecule has 1 amide bonds. The quantitative estimate of drug-likeness (QED) is 0.525. The Morgan fingerprint density at radius 2 is 1.61 bits per heavy atom. The van der Waals surface area contributed by atoms with E-state index in [4.69, 9.17) is 0 Å². The van der Waals surface area contributed by atoms with Crippen molar-refractivity contribution in [1.29, 1.82) is 0 Å². The first-order valence-corrected chi connectivity index (χ1v) is 12.1. The van der Waals surface area contributed by atoms with Crippen molar-refractivity contribution < 1.29 is 18.0 Å². The molecule has 0 bridgehead atoms. The van der Waals surface area contributed by atoms with Gasteiger partial charge in [0, 0.05) is 27.8 Å². The summed E-state index contributed by atoms with van der Waals surface area (Å²) in [5.74, 6) is -0.576. The second kappa shape index (κ2) is 8.64. The second-order valence-electron chi connectivity index (χ2n) is 7.13. The normalized spacial score (nSPS) is 14.9. The summed E-state index contributed by atoms with van der Waals surface area (Å²) in [6, 6.07) is 20.2. The van der Waals surface area contributed by atoms with Crippen LogP contribution in [-0.4, -0.2) is 32.4 Å². The number of halogens is 1. The number of hydrogen-bond acceptors (Lipinski definition) is 4. The van der Waals surface area contributed by atoms with Crippen LogP contribution in [-0.2, 0) is 10.0 Å². The van der Waals surface area contributed by atoms with Crippen LogP contribution >= 0.6 is 15.9 Å². The summed E-state index contributed by atoms with van der Waals surface area (Å²) in [6.07, 6.45) is 0.574. The Morgan fingerprint density at radius 3 is 2.29 bits per heavy atom. The summed E-state index contributed by atoms with van der Waals surface area (Å²) >= 11 is 3.35. The van der Waals surface area contributed by atoms with Crippen LogP contribution in [0.15, 0.2) is 77.3 Å². The van der Waals surface area contributed by atoms with Crippen LogP contribution in [0, 0.1) is 0 Å². The summed E-state index contributed by atoms with van der Waals surface area (Å²) < 4.78 is 26.6. The molecule has 8 heteroatoms. The van der Waals surface area contributed by atoms with Crippen molar-refractivity contribution in [2.75, 3.05) is 21.9 Å². The first-order chi connectivity index (χ1) is 14.8. The summed E-state index contributed by atoms with van der Waals surface area (Å²) in [4.78, 5) is 25.9. The molecule has 6 nitrogen and oxygen atoms in total. The van der Waals surface area contributed by atoms with Gasteiger partial charge in [0.15, 0.2) is 5.78 Å². The molecule has 0 saturated carbocycles. The van der Waals surface area contributed by atoms with Gasteiger partial charge in [0.25, 0.3) is 5.91 Å². The van der Waals surface area contributed by atoms with E-state index in [0.717, 1.165) is 4.47 Å². The molecule has 0 unspecified atom stereocenters. The van der Waals surface area contributed by atoms with E-state index >= 15 is 0 Å². The van der Waals surface area contributed by atoms with E-state index in [0.29, 0.717) is 35.5 Å². The maximum atomic E-state index is 13.0. The number of anilines is 2. The van der Waals surface area contributed by atoms with E-state index in [1.165, 1.54) is 4.31 Å². The molecule has 0 spiro atoms. The van der Waals surface area contributed by atoms with Crippen molar-refractivity contribution in [2.24, 2.45) is 0 Å². The van der Waals surface area contributed by atoms with Crippen LogP contribution in [0.2, 0.25) is 0 Å². The summed E-state index contributed by atoms with van der Waals surface area (Å²) in [6.45, 7) is 0.421. The van der Waals surface area contributed by atoms with E-state index in [1.54, 1.807) is 72.8 Å². The third-order valence-electron chi connectivity index (χ3n) is 5.01. The molecular weight excluding hydrogens is 480 g/mol. The van der Waals surface area contributed by atoms with E-state index in [9.17, 15) is 18.0 Å². The van der Waals surface area contributed by atoms with Gasteiger partial charge in [-0.05, 0) is 55.0 Å². The molecular formula is C23H19BrN2O4S. The number of ketones is 1. The molecule has 1 heterocycles. The Bertz CT molecular complexity index is 1260. The average molecular weight is 499 g/mol. The highest BCUT2D eigenvalue weighted by molar-refractivity contribution is 9.10. The van der Waals surface area contributed by atoms with Gasteiger partial charge in [0.1, 0.15) is 0 Å². The largest absolute Gasteiger partial charge is 0.322 e. The SMILES string of the molecule is O=C(Nc1cccc(N2CCCS2(=O)=O)c1)c1ccccc1C(=O)c1ccc(Br)cc1. The molecule has 1 N–H and O–H groups in total. The van der Waals surface area contributed by atoms with Crippen LogP contribution < -0.4 is 9.62 Å². The number of carbonyl (C=O) groups excluding carboxylic acids is 2. The summed E-state index contributed by atoms with van der Waals surface area (Å²) in [7, 11) is -3.32. The monoisotopic (exact) mass is 498 g/mol. The topological polar surface area (TPSA) is 83.6 Å². The second-order valence-corrected chi connectivity index (χ2v) is 10.1. The Hall–Kier alpha value is -2.97. The third kappa shape index (κ3) is 4.55. The fraction of sp³-hybridized carbons (Fsp3) is 0.130. The number of sulfonamides is 1. The number of hydrogen-bond donors (Lipinski definition) is 1. The summed E-state index contributed by atoms with van der Waals surface area (Å²) in [5.41, 5.74) is 1.98. The number of nitrogens with zero attached hydrogens (tertiary/aromatic N) is 1. The fourth-order valence-electron chi connectivity index (χ4n) is 3.50. The van der Waals surface area contributed by atoms with Crippen molar-refractivity contribution in [3.8, 4) is 0 Å². The van der Waals surface area contributed by atoms with Gasteiger partial charge in [0.2, 0.25) is 10.0 Å². The predicted octanol–water partition coefficient (Wildman–Crippen LogP) is 4.47. The van der Waals surface area contributed by atoms with Gasteiger partial charge in [-0.2, -0.15) is 0 Å². The molecule has 1 saturated heterocycles. The first kappa shape index (κ1) is 21.3. The molecule has 1 aliphatic heterocycles. The number of benzene rings is 3.